The lowest BCUT2D eigenvalue weighted by Crippen LogP contribution is -2.12. The van der Waals surface area contributed by atoms with Crippen molar-refractivity contribution < 1.29 is 13.6 Å². The number of carbonyl (C=O) groups excluding carboxylic acids is 1. The lowest BCUT2D eigenvalue weighted by Gasteiger charge is -2.14. The first-order valence-electron chi connectivity index (χ1n) is 5.55. The second kappa shape index (κ2) is 4.65. The molecule has 7 heteroatoms. The van der Waals surface area contributed by atoms with E-state index in [0.717, 1.165) is 6.07 Å². The molecule has 2 heterocycles. The molecular formula is C12H9F2N3OS. The number of benzene rings is 1. The smallest absolute Gasteiger partial charge is 0.235 e. The van der Waals surface area contributed by atoms with Crippen LogP contribution in [0.15, 0.2) is 24.4 Å². The van der Waals surface area contributed by atoms with E-state index in [2.05, 4.69) is 15.5 Å². The summed E-state index contributed by atoms with van der Waals surface area (Å²) in [6.07, 6.45) is 1.54. The summed E-state index contributed by atoms with van der Waals surface area (Å²) in [5.74, 6) is -0.769. The molecule has 98 valence electrons. The highest BCUT2D eigenvalue weighted by Gasteiger charge is 2.27. The molecule has 4 nitrogen and oxygen atoms in total. The van der Waals surface area contributed by atoms with Crippen LogP contribution < -0.4 is 5.32 Å². The number of nitrogens with zero attached hydrogens (tertiary/aromatic N) is 1. The van der Waals surface area contributed by atoms with Gasteiger partial charge in [-0.05, 0) is 6.07 Å². The Kier molecular flexibility index (Phi) is 2.98. The van der Waals surface area contributed by atoms with E-state index in [0.29, 0.717) is 16.9 Å². The van der Waals surface area contributed by atoms with Crippen molar-refractivity contribution in [3.05, 3.63) is 47.2 Å². The summed E-state index contributed by atoms with van der Waals surface area (Å²) in [6, 6.07) is 3.45. The molecule has 1 aliphatic heterocycles. The highest BCUT2D eigenvalue weighted by molar-refractivity contribution is 8.00. The number of carbonyl (C=O) groups is 1. The van der Waals surface area contributed by atoms with Gasteiger partial charge in [-0.3, -0.25) is 9.89 Å². The number of nitrogens with one attached hydrogen (secondary N) is 2. The number of rotatable bonds is 1. The molecule has 0 saturated carbocycles. The zero-order valence-electron chi connectivity index (χ0n) is 9.61. The molecule has 2 aromatic rings. The summed E-state index contributed by atoms with van der Waals surface area (Å²) < 4.78 is 26.8. The van der Waals surface area contributed by atoms with E-state index in [1.807, 2.05) is 0 Å². The lowest BCUT2D eigenvalue weighted by atomic mass is 10.1. The molecule has 1 amide bonds. The molecule has 0 bridgehead atoms. The normalized spacial score (nSPS) is 18.6. The van der Waals surface area contributed by atoms with Gasteiger partial charge < -0.3 is 5.32 Å². The molecule has 1 atom stereocenters. The Hall–Kier alpha value is -1.89. The molecule has 0 saturated heterocycles. The molecule has 1 unspecified atom stereocenters. The van der Waals surface area contributed by atoms with Crippen LogP contribution in [-0.4, -0.2) is 21.9 Å². The van der Waals surface area contributed by atoms with Crippen LogP contribution >= 0.6 is 11.8 Å². The predicted molar refractivity (Wildman–Crippen MR) is 67.9 cm³/mol. The van der Waals surface area contributed by atoms with Gasteiger partial charge in [0.15, 0.2) is 0 Å². The van der Waals surface area contributed by atoms with Crippen molar-refractivity contribution in [3.63, 3.8) is 0 Å². The van der Waals surface area contributed by atoms with Crippen LogP contribution in [0.2, 0.25) is 0 Å². The van der Waals surface area contributed by atoms with E-state index in [4.69, 9.17) is 0 Å². The third-order valence-electron chi connectivity index (χ3n) is 2.84. The maximum atomic E-state index is 13.9. The van der Waals surface area contributed by atoms with Crippen LogP contribution in [0.25, 0.3) is 0 Å². The Balaban J connectivity index is 2.08. The van der Waals surface area contributed by atoms with Gasteiger partial charge in [-0.2, -0.15) is 5.10 Å². The number of halogens is 2. The Morgan fingerprint density at radius 3 is 2.95 bits per heavy atom. The van der Waals surface area contributed by atoms with Crippen molar-refractivity contribution >= 4 is 23.5 Å². The zero-order valence-corrected chi connectivity index (χ0v) is 10.4. The number of H-pyrrole nitrogens is 1. The zero-order chi connectivity index (χ0) is 13.4. The van der Waals surface area contributed by atoms with Crippen LogP contribution in [-0.2, 0) is 4.79 Å². The van der Waals surface area contributed by atoms with Crippen molar-refractivity contribution in [2.24, 2.45) is 0 Å². The molecular weight excluding hydrogens is 272 g/mol. The third kappa shape index (κ3) is 2.21. The van der Waals surface area contributed by atoms with Crippen LogP contribution in [0.1, 0.15) is 16.4 Å². The van der Waals surface area contributed by atoms with Gasteiger partial charge in [0, 0.05) is 17.2 Å². The number of hydrogen-bond donors (Lipinski definition) is 2. The predicted octanol–water partition coefficient (Wildman–Crippen LogP) is 2.46. The fourth-order valence-electron chi connectivity index (χ4n) is 1.99. The summed E-state index contributed by atoms with van der Waals surface area (Å²) in [5, 5.41) is 8.78. The minimum atomic E-state index is -0.626. The van der Waals surface area contributed by atoms with Crippen LogP contribution in [0.4, 0.5) is 14.6 Å². The average Bonchev–Trinajstić information content (AvgIpc) is 2.74. The molecule has 3 rings (SSSR count). The Morgan fingerprint density at radius 1 is 1.32 bits per heavy atom. The van der Waals surface area contributed by atoms with Gasteiger partial charge in [0.2, 0.25) is 5.91 Å². The summed E-state index contributed by atoms with van der Waals surface area (Å²) >= 11 is 1.28. The Morgan fingerprint density at radius 2 is 2.16 bits per heavy atom. The molecule has 2 N–H and O–H groups in total. The standard InChI is InChI=1S/C12H9F2N3OS/c13-6-1-2-7(9(14)3-6)11-8-4-15-17-12(8)16-10(18)5-19-11/h1-4,11H,5H2,(H2,15,16,17,18). The van der Waals surface area contributed by atoms with Gasteiger partial charge in [0.25, 0.3) is 0 Å². The minimum absolute atomic E-state index is 0.180. The number of amides is 1. The maximum absolute atomic E-state index is 13.9. The first-order valence-corrected chi connectivity index (χ1v) is 6.59. The largest absolute Gasteiger partial charge is 0.310 e. The van der Waals surface area contributed by atoms with Crippen molar-refractivity contribution in [2.75, 3.05) is 11.1 Å². The van der Waals surface area contributed by atoms with E-state index < -0.39 is 16.9 Å². The Bertz CT molecular complexity index is 644. The van der Waals surface area contributed by atoms with Crippen LogP contribution in [0, 0.1) is 11.6 Å². The van der Waals surface area contributed by atoms with Gasteiger partial charge in [-0.1, -0.05) is 6.07 Å². The van der Waals surface area contributed by atoms with Crippen molar-refractivity contribution in [1.29, 1.82) is 0 Å². The molecule has 0 aliphatic carbocycles. The van der Waals surface area contributed by atoms with E-state index in [9.17, 15) is 13.6 Å². The number of anilines is 1. The fraction of sp³-hybridized carbons (Fsp3) is 0.167. The molecule has 1 aromatic heterocycles. The van der Waals surface area contributed by atoms with E-state index in [1.165, 1.54) is 23.9 Å². The van der Waals surface area contributed by atoms with Crippen LogP contribution in [0.5, 0.6) is 0 Å². The molecule has 0 radical (unpaired) electrons. The quantitative estimate of drug-likeness (QED) is 0.844. The van der Waals surface area contributed by atoms with Gasteiger partial charge in [0.05, 0.1) is 17.2 Å². The molecule has 19 heavy (non-hydrogen) atoms. The first-order chi connectivity index (χ1) is 9.15. The molecule has 0 fully saturated rings. The van der Waals surface area contributed by atoms with Gasteiger partial charge in [-0.15, -0.1) is 11.8 Å². The SMILES string of the molecule is O=C1CSC(c2ccc(F)cc2F)c2cn[nH]c2N1. The van der Waals surface area contributed by atoms with Crippen LogP contribution in [0.3, 0.4) is 0 Å². The van der Waals surface area contributed by atoms with E-state index in [-0.39, 0.29) is 11.7 Å². The molecule has 0 spiro atoms. The van der Waals surface area contributed by atoms with Gasteiger partial charge in [-0.25, -0.2) is 8.78 Å². The minimum Gasteiger partial charge on any atom is -0.310 e. The highest BCUT2D eigenvalue weighted by Crippen LogP contribution is 2.41. The second-order valence-corrected chi connectivity index (χ2v) is 5.20. The summed E-state index contributed by atoms with van der Waals surface area (Å²) in [5.41, 5.74) is 1.02. The number of thioether (sulfide) groups is 1. The summed E-state index contributed by atoms with van der Waals surface area (Å²) in [4.78, 5) is 11.5. The number of aromatic nitrogens is 2. The van der Waals surface area contributed by atoms with Crippen molar-refractivity contribution in [2.45, 2.75) is 5.25 Å². The first kappa shape index (κ1) is 12.2. The fourth-order valence-corrected chi connectivity index (χ4v) is 3.11. The van der Waals surface area contributed by atoms with Crippen molar-refractivity contribution in [3.8, 4) is 0 Å². The summed E-state index contributed by atoms with van der Waals surface area (Å²) in [6.45, 7) is 0. The van der Waals surface area contributed by atoms with Gasteiger partial charge in [0.1, 0.15) is 17.5 Å². The van der Waals surface area contributed by atoms with Gasteiger partial charge >= 0.3 is 0 Å². The number of aromatic amines is 1. The monoisotopic (exact) mass is 281 g/mol. The molecule has 1 aromatic carbocycles. The number of hydrogen-bond acceptors (Lipinski definition) is 3. The van der Waals surface area contributed by atoms with E-state index in [1.54, 1.807) is 6.20 Å². The topological polar surface area (TPSA) is 57.8 Å². The highest BCUT2D eigenvalue weighted by atomic mass is 32.2. The number of fused-ring (bicyclic) bond motifs is 1. The lowest BCUT2D eigenvalue weighted by molar-refractivity contribution is -0.113. The maximum Gasteiger partial charge on any atom is 0.235 e. The Labute approximate surface area is 111 Å². The summed E-state index contributed by atoms with van der Waals surface area (Å²) in [7, 11) is 0. The third-order valence-corrected chi connectivity index (χ3v) is 4.11. The van der Waals surface area contributed by atoms with Crippen molar-refractivity contribution in [1.82, 2.24) is 10.2 Å². The average molecular weight is 281 g/mol. The van der Waals surface area contributed by atoms with E-state index >= 15 is 0 Å². The molecule has 1 aliphatic rings. The second-order valence-electron chi connectivity index (χ2n) is 4.11.